The molecule has 0 amide bonds. The minimum atomic E-state index is 0.506. The minimum absolute atomic E-state index is 0.506. The molecule has 0 aliphatic heterocycles. The van der Waals surface area contributed by atoms with Crippen LogP contribution in [0.2, 0.25) is 5.15 Å². The molecule has 0 aliphatic rings. The molecule has 0 saturated heterocycles. The van der Waals surface area contributed by atoms with Crippen LogP contribution in [0, 0.1) is 0 Å². The fraction of sp³-hybridized carbons (Fsp3) is 0.333. The van der Waals surface area contributed by atoms with Gasteiger partial charge in [-0.3, -0.25) is 0 Å². The number of hydrogen-bond acceptors (Lipinski definition) is 6. The van der Waals surface area contributed by atoms with E-state index in [0.717, 1.165) is 10.7 Å². The maximum Gasteiger partial charge on any atom is 0.209 e. The molecule has 0 unspecified atom stereocenters. The van der Waals surface area contributed by atoms with Crippen molar-refractivity contribution < 1.29 is 0 Å². The second-order valence-electron chi connectivity index (χ2n) is 3.22. The quantitative estimate of drug-likeness (QED) is 0.644. The number of nitrogens with zero attached hydrogens (tertiary/aromatic N) is 5. The van der Waals surface area contributed by atoms with E-state index < -0.39 is 0 Å². The minimum Gasteiger partial charge on any atom is -0.329 e. The summed E-state index contributed by atoms with van der Waals surface area (Å²) in [5.74, 6) is 0.678. The van der Waals surface area contributed by atoms with Crippen LogP contribution in [-0.2, 0) is 12.3 Å². The van der Waals surface area contributed by atoms with Crippen LogP contribution in [0.4, 0.5) is 0 Å². The number of hydrogen-bond donors (Lipinski definition) is 1. The number of tetrazole rings is 1. The van der Waals surface area contributed by atoms with Crippen molar-refractivity contribution in [1.29, 1.82) is 0 Å². The summed E-state index contributed by atoms with van der Waals surface area (Å²) in [5.41, 5.74) is 6.42. The predicted octanol–water partition coefficient (Wildman–Crippen LogP) is 0.972. The molecule has 8 heteroatoms. The average Bonchev–Trinajstić information content (AvgIpc) is 2.76. The fourth-order valence-electron chi connectivity index (χ4n) is 1.23. The number of thioether (sulfide) groups is 1. The molecule has 0 bridgehead atoms. The Hall–Kier alpha value is -1.18. The maximum atomic E-state index is 5.96. The van der Waals surface area contributed by atoms with Crippen molar-refractivity contribution in [1.82, 2.24) is 25.2 Å². The first-order chi connectivity index (χ1) is 8.31. The second kappa shape index (κ2) is 5.95. The van der Waals surface area contributed by atoms with Gasteiger partial charge in [0.15, 0.2) is 0 Å². The van der Waals surface area contributed by atoms with Gasteiger partial charge in [-0.15, -0.1) is 5.10 Å². The molecule has 0 saturated carbocycles. The number of aromatic nitrogens is 5. The SMILES string of the molecule is NCCn1nnnc1SCc1cccnc1Cl. The van der Waals surface area contributed by atoms with E-state index in [1.165, 1.54) is 11.8 Å². The Labute approximate surface area is 108 Å². The Balaban J connectivity index is 2.02. The average molecular weight is 271 g/mol. The van der Waals surface area contributed by atoms with Crippen molar-refractivity contribution in [2.24, 2.45) is 5.73 Å². The predicted molar refractivity (Wildman–Crippen MR) is 65.7 cm³/mol. The highest BCUT2D eigenvalue weighted by Crippen LogP contribution is 2.23. The molecule has 2 aromatic heterocycles. The van der Waals surface area contributed by atoms with Crippen LogP contribution >= 0.6 is 23.4 Å². The number of rotatable bonds is 5. The van der Waals surface area contributed by atoms with E-state index in [1.807, 2.05) is 12.1 Å². The van der Waals surface area contributed by atoms with Gasteiger partial charge in [-0.1, -0.05) is 29.4 Å². The van der Waals surface area contributed by atoms with E-state index in [0.29, 0.717) is 24.0 Å². The summed E-state index contributed by atoms with van der Waals surface area (Å²) < 4.78 is 1.68. The van der Waals surface area contributed by atoms with Crippen LogP contribution in [-0.4, -0.2) is 31.7 Å². The van der Waals surface area contributed by atoms with Crippen LogP contribution < -0.4 is 5.73 Å². The molecular weight excluding hydrogens is 260 g/mol. The zero-order valence-corrected chi connectivity index (χ0v) is 10.5. The summed E-state index contributed by atoms with van der Waals surface area (Å²) in [6, 6.07) is 3.78. The normalized spacial score (nSPS) is 10.7. The summed E-state index contributed by atoms with van der Waals surface area (Å²) in [5, 5.41) is 12.6. The lowest BCUT2D eigenvalue weighted by molar-refractivity contribution is 0.557. The third-order valence-corrected chi connectivity index (χ3v) is 3.38. The van der Waals surface area contributed by atoms with Crippen molar-refractivity contribution in [2.75, 3.05) is 6.54 Å². The van der Waals surface area contributed by atoms with Crippen LogP contribution in [0.15, 0.2) is 23.5 Å². The van der Waals surface area contributed by atoms with Crippen LogP contribution in [0.5, 0.6) is 0 Å². The van der Waals surface area contributed by atoms with Crippen molar-refractivity contribution in [2.45, 2.75) is 17.5 Å². The second-order valence-corrected chi connectivity index (χ2v) is 4.52. The molecule has 0 radical (unpaired) electrons. The van der Waals surface area contributed by atoms with Gasteiger partial charge in [-0.05, 0) is 22.1 Å². The number of pyridine rings is 1. The zero-order chi connectivity index (χ0) is 12.1. The molecule has 2 N–H and O–H groups in total. The standard InChI is InChI=1S/C9H11ClN6S/c10-8-7(2-1-4-12-8)6-17-9-13-14-15-16(9)5-3-11/h1-2,4H,3,5-6,11H2. The largest absolute Gasteiger partial charge is 0.329 e. The highest BCUT2D eigenvalue weighted by Gasteiger charge is 2.08. The Bertz CT molecular complexity index is 488. The van der Waals surface area contributed by atoms with Gasteiger partial charge in [0.2, 0.25) is 5.16 Å². The lowest BCUT2D eigenvalue weighted by atomic mass is 10.3. The highest BCUT2D eigenvalue weighted by atomic mass is 35.5. The first kappa shape index (κ1) is 12.3. The Kier molecular flexibility index (Phi) is 4.29. The lowest BCUT2D eigenvalue weighted by Gasteiger charge is -2.03. The van der Waals surface area contributed by atoms with E-state index in [2.05, 4.69) is 20.5 Å². The fourth-order valence-corrected chi connectivity index (χ4v) is 2.39. The molecule has 90 valence electrons. The van der Waals surface area contributed by atoms with Crippen LogP contribution in [0.25, 0.3) is 0 Å². The molecule has 2 rings (SSSR count). The molecular formula is C9H11ClN6S. The summed E-state index contributed by atoms with van der Waals surface area (Å²) in [4.78, 5) is 4.01. The summed E-state index contributed by atoms with van der Waals surface area (Å²) in [6.45, 7) is 1.11. The van der Waals surface area contributed by atoms with Gasteiger partial charge in [0, 0.05) is 18.5 Å². The zero-order valence-electron chi connectivity index (χ0n) is 8.95. The van der Waals surface area contributed by atoms with Gasteiger partial charge in [0.1, 0.15) is 5.15 Å². The maximum absolute atomic E-state index is 5.96. The first-order valence-electron chi connectivity index (χ1n) is 4.99. The van der Waals surface area contributed by atoms with Crippen molar-refractivity contribution in [3.8, 4) is 0 Å². The van der Waals surface area contributed by atoms with E-state index in [4.69, 9.17) is 17.3 Å². The Morgan fingerprint density at radius 2 is 2.35 bits per heavy atom. The lowest BCUT2D eigenvalue weighted by Crippen LogP contribution is -2.12. The van der Waals surface area contributed by atoms with E-state index in [1.54, 1.807) is 10.9 Å². The summed E-state index contributed by atoms with van der Waals surface area (Å²) >= 11 is 7.47. The summed E-state index contributed by atoms with van der Waals surface area (Å²) in [7, 11) is 0. The van der Waals surface area contributed by atoms with Gasteiger partial charge in [-0.2, -0.15) is 0 Å². The monoisotopic (exact) mass is 270 g/mol. The molecule has 6 nitrogen and oxygen atoms in total. The van der Waals surface area contributed by atoms with Crippen molar-refractivity contribution in [3.05, 3.63) is 29.0 Å². The van der Waals surface area contributed by atoms with Crippen LogP contribution in [0.3, 0.4) is 0 Å². The van der Waals surface area contributed by atoms with E-state index >= 15 is 0 Å². The van der Waals surface area contributed by atoms with E-state index in [-0.39, 0.29) is 0 Å². The summed E-state index contributed by atoms with van der Waals surface area (Å²) in [6.07, 6.45) is 1.66. The van der Waals surface area contributed by atoms with Gasteiger partial charge < -0.3 is 5.73 Å². The first-order valence-corrected chi connectivity index (χ1v) is 6.36. The third kappa shape index (κ3) is 3.15. The van der Waals surface area contributed by atoms with Crippen molar-refractivity contribution in [3.63, 3.8) is 0 Å². The topological polar surface area (TPSA) is 82.5 Å². The Morgan fingerprint density at radius 1 is 1.47 bits per heavy atom. The molecule has 0 fully saturated rings. The third-order valence-electron chi connectivity index (χ3n) is 2.03. The molecule has 2 aromatic rings. The van der Waals surface area contributed by atoms with Gasteiger partial charge in [0.25, 0.3) is 0 Å². The molecule has 0 atom stereocenters. The number of nitrogens with two attached hydrogens (primary N) is 1. The van der Waals surface area contributed by atoms with Gasteiger partial charge in [-0.25, -0.2) is 9.67 Å². The van der Waals surface area contributed by atoms with E-state index in [9.17, 15) is 0 Å². The molecule has 0 aliphatic carbocycles. The van der Waals surface area contributed by atoms with Gasteiger partial charge in [0.05, 0.1) is 6.54 Å². The van der Waals surface area contributed by atoms with Crippen molar-refractivity contribution >= 4 is 23.4 Å². The molecule has 17 heavy (non-hydrogen) atoms. The molecule has 0 aromatic carbocycles. The Morgan fingerprint density at radius 3 is 3.12 bits per heavy atom. The number of halogens is 1. The highest BCUT2D eigenvalue weighted by molar-refractivity contribution is 7.98. The van der Waals surface area contributed by atoms with Crippen LogP contribution in [0.1, 0.15) is 5.56 Å². The van der Waals surface area contributed by atoms with Gasteiger partial charge >= 0.3 is 0 Å². The smallest absolute Gasteiger partial charge is 0.209 e. The molecule has 0 spiro atoms. The molecule has 2 heterocycles.